The molecule has 1 amide bonds. The van der Waals surface area contributed by atoms with Gasteiger partial charge in [-0.05, 0) is 13.3 Å². The van der Waals surface area contributed by atoms with Crippen molar-refractivity contribution in [2.75, 3.05) is 6.67 Å². The van der Waals surface area contributed by atoms with Gasteiger partial charge >= 0.3 is 5.97 Å². The molecule has 0 aromatic rings. The van der Waals surface area contributed by atoms with Gasteiger partial charge in [0.1, 0.15) is 0 Å². The number of rotatable bonds is 3. The van der Waals surface area contributed by atoms with Crippen LogP contribution < -0.4 is 16.1 Å². The number of carboxylic acids is 1. The summed E-state index contributed by atoms with van der Waals surface area (Å²) in [4.78, 5) is 22.5. The van der Waals surface area contributed by atoms with Crippen molar-refractivity contribution in [2.45, 2.75) is 32.1 Å². The molecule has 2 rings (SSSR count). The highest BCUT2D eigenvalue weighted by molar-refractivity contribution is 5.81. The van der Waals surface area contributed by atoms with E-state index in [0.717, 1.165) is 0 Å². The van der Waals surface area contributed by atoms with Gasteiger partial charge in [-0.2, -0.15) is 0 Å². The average Bonchev–Trinajstić information content (AvgIpc) is 2.64. The van der Waals surface area contributed by atoms with Crippen LogP contribution in [0.5, 0.6) is 0 Å². The fraction of sp³-hybridized carbons (Fsp3) is 0.778. The van der Waals surface area contributed by atoms with Gasteiger partial charge in [0.2, 0.25) is 5.91 Å². The van der Waals surface area contributed by atoms with Gasteiger partial charge < -0.3 is 5.11 Å². The lowest BCUT2D eigenvalue weighted by molar-refractivity contribution is -0.147. The first-order valence-electron chi connectivity index (χ1n) is 5.37. The van der Waals surface area contributed by atoms with E-state index in [9.17, 15) is 9.59 Å². The number of hydrazine groups is 1. The fourth-order valence-corrected chi connectivity index (χ4v) is 2.16. The lowest BCUT2D eigenvalue weighted by Gasteiger charge is -2.38. The summed E-state index contributed by atoms with van der Waals surface area (Å²) in [6.07, 6.45) is 0.213. The number of carbonyl (C=O) groups excluding carboxylic acids is 1. The summed E-state index contributed by atoms with van der Waals surface area (Å²) in [5, 5.41) is 16.4. The lowest BCUT2D eigenvalue weighted by atomic mass is 9.92. The maximum atomic E-state index is 12.0. The maximum Gasteiger partial charge on any atom is 0.303 e. The highest BCUT2D eigenvalue weighted by atomic mass is 16.4. The molecule has 90 valence electrons. The van der Waals surface area contributed by atoms with Crippen molar-refractivity contribution in [2.24, 2.45) is 5.92 Å². The quantitative estimate of drug-likeness (QED) is 0.476. The van der Waals surface area contributed by atoms with Crippen LogP contribution in [0, 0.1) is 5.92 Å². The highest BCUT2D eigenvalue weighted by Gasteiger charge is 2.41. The van der Waals surface area contributed by atoms with Gasteiger partial charge in [-0.15, -0.1) is 0 Å². The molecule has 2 aliphatic heterocycles. The second-order valence-corrected chi connectivity index (χ2v) is 4.14. The van der Waals surface area contributed by atoms with Crippen LogP contribution in [0.25, 0.3) is 0 Å². The zero-order valence-corrected chi connectivity index (χ0v) is 9.06. The van der Waals surface area contributed by atoms with Crippen molar-refractivity contribution >= 4 is 11.9 Å². The van der Waals surface area contributed by atoms with E-state index < -0.39 is 5.97 Å². The highest BCUT2D eigenvalue weighted by Crippen LogP contribution is 2.21. The van der Waals surface area contributed by atoms with Crippen molar-refractivity contribution in [1.29, 1.82) is 0 Å². The van der Waals surface area contributed by atoms with Crippen molar-refractivity contribution in [3.05, 3.63) is 0 Å². The molecule has 7 nitrogen and oxygen atoms in total. The normalized spacial score (nSPS) is 33.9. The molecule has 3 atom stereocenters. The van der Waals surface area contributed by atoms with E-state index in [1.165, 1.54) is 5.01 Å². The van der Waals surface area contributed by atoms with Gasteiger partial charge in [0.15, 0.2) is 6.29 Å². The second-order valence-electron chi connectivity index (χ2n) is 4.14. The third-order valence-corrected chi connectivity index (χ3v) is 3.05. The third kappa shape index (κ3) is 2.01. The standard InChI is InChI=1S/C9H16N4O3/c1-5-6(2-3-7(14)15)8(16)13-9(12-5)10-4-11-13/h5-6,9-12H,2-4H2,1H3,(H,14,15). The van der Waals surface area contributed by atoms with Gasteiger partial charge in [-0.3, -0.25) is 20.2 Å². The number of hydrogen-bond acceptors (Lipinski definition) is 5. The van der Waals surface area contributed by atoms with E-state index in [0.29, 0.717) is 13.1 Å². The fourth-order valence-electron chi connectivity index (χ4n) is 2.16. The van der Waals surface area contributed by atoms with Crippen molar-refractivity contribution in [3.63, 3.8) is 0 Å². The third-order valence-electron chi connectivity index (χ3n) is 3.05. The first-order chi connectivity index (χ1) is 7.59. The zero-order chi connectivity index (χ0) is 11.7. The van der Waals surface area contributed by atoms with Crippen LogP contribution in [0.4, 0.5) is 0 Å². The summed E-state index contributed by atoms with van der Waals surface area (Å²) in [7, 11) is 0. The van der Waals surface area contributed by atoms with Crippen LogP contribution in [0.2, 0.25) is 0 Å². The predicted molar refractivity (Wildman–Crippen MR) is 54.7 cm³/mol. The summed E-state index contributed by atoms with van der Waals surface area (Å²) >= 11 is 0. The molecule has 0 bridgehead atoms. The monoisotopic (exact) mass is 228 g/mol. The summed E-state index contributed by atoms with van der Waals surface area (Å²) < 4.78 is 0. The number of aliphatic carboxylic acids is 1. The Balaban J connectivity index is 2.01. The zero-order valence-electron chi connectivity index (χ0n) is 9.06. The Kier molecular flexibility index (Phi) is 3.08. The van der Waals surface area contributed by atoms with Crippen LogP contribution in [0.1, 0.15) is 19.8 Å². The summed E-state index contributed by atoms with van der Waals surface area (Å²) in [5.74, 6) is -1.18. The van der Waals surface area contributed by atoms with Crippen LogP contribution in [-0.2, 0) is 9.59 Å². The SMILES string of the molecule is CC1NC2NCNN2C(=O)C1CCC(=O)O. The molecular weight excluding hydrogens is 212 g/mol. The van der Waals surface area contributed by atoms with Crippen LogP contribution >= 0.6 is 0 Å². The summed E-state index contributed by atoms with van der Waals surface area (Å²) in [5.41, 5.74) is 2.91. The number of carbonyl (C=O) groups is 2. The van der Waals surface area contributed by atoms with Crippen LogP contribution in [0.15, 0.2) is 0 Å². The predicted octanol–water partition coefficient (Wildman–Crippen LogP) is -1.36. The molecule has 2 aliphatic rings. The molecule has 16 heavy (non-hydrogen) atoms. The van der Waals surface area contributed by atoms with E-state index >= 15 is 0 Å². The Morgan fingerprint density at radius 3 is 3.06 bits per heavy atom. The number of nitrogens with one attached hydrogen (secondary N) is 3. The average molecular weight is 228 g/mol. The van der Waals surface area contributed by atoms with Crippen molar-refractivity contribution < 1.29 is 14.7 Å². The van der Waals surface area contributed by atoms with E-state index in [2.05, 4.69) is 16.1 Å². The number of fused-ring (bicyclic) bond motifs is 1. The molecule has 2 saturated heterocycles. The van der Waals surface area contributed by atoms with E-state index in [4.69, 9.17) is 5.11 Å². The molecule has 0 spiro atoms. The van der Waals surface area contributed by atoms with E-state index in [1.54, 1.807) is 0 Å². The number of amides is 1. The molecule has 0 saturated carbocycles. The van der Waals surface area contributed by atoms with Gasteiger partial charge in [-0.25, -0.2) is 10.4 Å². The molecule has 0 radical (unpaired) electrons. The topological polar surface area (TPSA) is 93.7 Å². The van der Waals surface area contributed by atoms with Crippen molar-refractivity contribution in [3.8, 4) is 0 Å². The smallest absolute Gasteiger partial charge is 0.303 e. The second kappa shape index (κ2) is 4.36. The number of carboxylic acid groups (broad SMARTS) is 1. The molecular formula is C9H16N4O3. The van der Waals surface area contributed by atoms with Crippen LogP contribution in [0.3, 0.4) is 0 Å². The van der Waals surface area contributed by atoms with Gasteiger partial charge in [0, 0.05) is 12.5 Å². The Morgan fingerprint density at radius 1 is 1.62 bits per heavy atom. The number of nitrogens with zero attached hydrogens (tertiary/aromatic N) is 1. The van der Waals surface area contributed by atoms with Gasteiger partial charge in [-0.1, -0.05) is 0 Å². The van der Waals surface area contributed by atoms with E-state index in [1.807, 2.05) is 6.92 Å². The minimum absolute atomic E-state index is 0.0134. The largest absolute Gasteiger partial charge is 0.481 e. The van der Waals surface area contributed by atoms with Gasteiger partial charge in [0.25, 0.3) is 0 Å². The first kappa shape index (κ1) is 11.3. The molecule has 0 aromatic carbocycles. The lowest BCUT2D eigenvalue weighted by Crippen LogP contribution is -2.64. The Labute approximate surface area is 93.1 Å². The first-order valence-corrected chi connectivity index (χ1v) is 5.37. The maximum absolute atomic E-state index is 12.0. The van der Waals surface area contributed by atoms with Gasteiger partial charge in [0.05, 0.1) is 12.6 Å². The minimum atomic E-state index is -0.866. The molecule has 4 N–H and O–H groups in total. The molecule has 2 fully saturated rings. The summed E-state index contributed by atoms with van der Waals surface area (Å²) in [6, 6.07) is -0.0134. The van der Waals surface area contributed by atoms with Crippen molar-refractivity contribution in [1.82, 2.24) is 21.1 Å². The minimum Gasteiger partial charge on any atom is -0.481 e. The Morgan fingerprint density at radius 2 is 2.38 bits per heavy atom. The molecule has 0 aromatic heterocycles. The Hall–Kier alpha value is -1.18. The Bertz CT molecular complexity index is 309. The molecule has 7 heteroatoms. The number of hydrogen-bond donors (Lipinski definition) is 4. The van der Waals surface area contributed by atoms with E-state index in [-0.39, 0.29) is 30.6 Å². The summed E-state index contributed by atoms with van der Waals surface area (Å²) in [6.45, 7) is 2.45. The van der Waals surface area contributed by atoms with Crippen LogP contribution in [-0.4, -0.2) is 41.0 Å². The molecule has 0 aliphatic carbocycles. The molecule has 3 unspecified atom stereocenters. The molecule has 2 heterocycles.